The van der Waals surface area contributed by atoms with E-state index in [0.29, 0.717) is 30.0 Å². The fourth-order valence-electron chi connectivity index (χ4n) is 4.03. The molecule has 0 amide bonds. The van der Waals surface area contributed by atoms with Gasteiger partial charge in [0.2, 0.25) is 10.0 Å². The van der Waals surface area contributed by atoms with Crippen LogP contribution in [0.5, 0.6) is 0 Å². The summed E-state index contributed by atoms with van der Waals surface area (Å²) in [6.45, 7) is 4.45. The molecule has 0 aromatic heterocycles. The maximum atomic E-state index is 14.1. The maximum absolute atomic E-state index is 14.1. The quantitative estimate of drug-likeness (QED) is 0.430. The highest BCUT2D eigenvalue weighted by Crippen LogP contribution is 2.32. The summed E-state index contributed by atoms with van der Waals surface area (Å²) in [7, 11) is -3.58. The fourth-order valence-corrected chi connectivity index (χ4v) is 6.79. The van der Waals surface area contributed by atoms with Gasteiger partial charge in [-0.1, -0.05) is 36.4 Å². The Balaban J connectivity index is 1.67. The van der Waals surface area contributed by atoms with Crippen LogP contribution in [-0.4, -0.2) is 19.3 Å². The number of sulfonamides is 1. The van der Waals surface area contributed by atoms with Crippen molar-refractivity contribution in [2.75, 3.05) is 6.54 Å². The van der Waals surface area contributed by atoms with Crippen LogP contribution in [-0.2, 0) is 23.0 Å². The fraction of sp³-hybridized carbons (Fsp3) is 0.217. The number of hydrogen-bond donors (Lipinski definition) is 0. The van der Waals surface area contributed by atoms with Gasteiger partial charge < -0.3 is 0 Å². The molecule has 0 radical (unpaired) electrons. The Bertz CT molecular complexity index is 1180. The van der Waals surface area contributed by atoms with E-state index >= 15 is 0 Å². The lowest BCUT2D eigenvalue weighted by molar-refractivity contribution is 0.391. The van der Waals surface area contributed by atoms with Gasteiger partial charge in [0.15, 0.2) is 0 Å². The third-order valence-electron chi connectivity index (χ3n) is 5.39. The van der Waals surface area contributed by atoms with Gasteiger partial charge in [-0.05, 0) is 88.9 Å². The summed E-state index contributed by atoms with van der Waals surface area (Å²) >= 11 is 2.21. The minimum atomic E-state index is -3.58. The first-order chi connectivity index (χ1) is 13.8. The summed E-state index contributed by atoms with van der Waals surface area (Å²) in [6, 6.07) is 16.3. The smallest absolute Gasteiger partial charge is 0.207 e. The SMILES string of the molecule is Cc1cc(I)cc(C)c1S(=O)(=O)N1CCc2cc(-c3ccccc3F)ccc2C1. The minimum absolute atomic E-state index is 0.253. The number of benzene rings is 3. The lowest BCUT2D eigenvalue weighted by atomic mass is 9.95. The summed E-state index contributed by atoms with van der Waals surface area (Å²) in [5, 5.41) is 0. The van der Waals surface area contributed by atoms with Crippen molar-refractivity contribution in [2.24, 2.45) is 0 Å². The normalized spacial score (nSPS) is 14.6. The monoisotopic (exact) mass is 521 g/mol. The predicted octanol–water partition coefficient (Wildman–Crippen LogP) is 5.46. The Morgan fingerprint density at radius 3 is 2.34 bits per heavy atom. The van der Waals surface area contributed by atoms with Crippen LogP contribution in [0, 0.1) is 23.2 Å². The molecule has 0 saturated heterocycles. The molecule has 3 aromatic carbocycles. The van der Waals surface area contributed by atoms with E-state index in [1.807, 2.05) is 50.2 Å². The predicted molar refractivity (Wildman–Crippen MR) is 122 cm³/mol. The molecule has 0 saturated carbocycles. The van der Waals surface area contributed by atoms with Crippen molar-refractivity contribution < 1.29 is 12.8 Å². The lowest BCUT2D eigenvalue weighted by Gasteiger charge is -2.29. The van der Waals surface area contributed by atoms with E-state index < -0.39 is 10.0 Å². The number of nitrogens with zero attached hydrogens (tertiary/aromatic N) is 1. The maximum Gasteiger partial charge on any atom is 0.243 e. The van der Waals surface area contributed by atoms with Crippen molar-refractivity contribution in [3.8, 4) is 11.1 Å². The molecule has 0 N–H and O–H groups in total. The molecule has 0 aliphatic carbocycles. The van der Waals surface area contributed by atoms with Crippen LogP contribution >= 0.6 is 22.6 Å². The van der Waals surface area contributed by atoms with E-state index in [9.17, 15) is 12.8 Å². The molecule has 0 fully saturated rings. The second kappa shape index (κ2) is 7.81. The number of aryl methyl sites for hydroxylation is 2. The van der Waals surface area contributed by atoms with Crippen LogP contribution in [0.2, 0.25) is 0 Å². The Hall–Kier alpha value is -1.77. The molecule has 150 valence electrons. The van der Waals surface area contributed by atoms with Gasteiger partial charge in [-0.25, -0.2) is 12.8 Å². The first-order valence-corrected chi connectivity index (χ1v) is 11.9. The Morgan fingerprint density at radius 2 is 1.66 bits per heavy atom. The molecule has 1 aliphatic heterocycles. The topological polar surface area (TPSA) is 37.4 Å². The van der Waals surface area contributed by atoms with Gasteiger partial charge in [0.25, 0.3) is 0 Å². The molecule has 3 nitrogen and oxygen atoms in total. The van der Waals surface area contributed by atoms with E-state index in [1.165, 1.54) is 6.07 Å². The van der Waals surface area contributed by atoms with Crippen molar-refractivity contribution in [1.29, 1.82) is 0 Å². The van der Waals surface area contributed by atoms with Gasteiger partial charge in [0.05, 0.1) is 4.90 Å². The minimum Gasteiger partial charge on any atom is -0.207 e. The Kier molecular flexibility index (Phi) is 5.52. The van der Waals surface area contributed by atoms with Crippen molar-refractivity contribution in [3.05, 3.63) is 86.2 Å². The van der Waals surface area contributed by atoms with Gasteiger partial charge in [-0.15, -0.1) is 0 Å². The number of rotatable bonds is 3. The largest absolute Gasteiger partial charge is 0.243 e. The van der Waals surface area contributed by atoms with Gasteiger partial charge in [-0.2, -0.15) is 4.31 Å². The standard InChI is InChI=1S/C23H21FINO2S/c1-15-11-20(25)12-16(2)23(15)29(27,28)26-10-9-17-13-18(7-8-19(17)14-26)21-5-3-4-6-22(21)24/h3-8,11-13H,9-10,14H2,1-2H3. The molecule has 6 heteroatoms. The molecule has 0 bridgehead atoms. The van der Waals surface area contributed by atoms with Crippen LogP contribution in [0.1, 0.15) is 22.3 Å². The zero-order chi connectivity index (χ0) is 20.8. The molecule has 0 spiro atoms. The van der Waals surface area contributed by atoms with Crippen molar-refractivity contribution in [2.45, 2.75) is 31.7 Å². The van der Waals surface area contributed by atoms with E-state index in [1.54, 1.807) is 16.4 Å². The van der Waals surface area contributed by atoms with E-state index in [-0.39, 0.29) is 5.82 Å². The highest BCUT2D eigenvalue weighted by Gasteiger charge is 2.31. The number of hydrogen-bond acceptors (Lipinski definition) is 2. The van der Waals surface area contributed by atoms with Gasteiger partial charge in [0, 0.05) is 22.2 Å². The average molecular weight is 521 g/mol. The van der Waals surface area contributed by atoms with Crippen LogP contribution < -0.4 is 0 Å². The third-order valence-corrected chi connectivity index (χ3v) is 8.17. The van der Waals surface area contributed by atoms with E-state index in [4.69, 9.17) is 0 Å². The first-order valence-electron chi connectivity index (χ1n) is 9.41. The Morgan fingerprint density at radius 1 is 0.966 bits per heavy atom. The summed E-state index contributed by atoms with van der Waals surface area (Å²) in [5.74, 6) is -0.253. The van der Waals surface area contributed by atoms with E-state index in [0.717, 1.165) is 31.4 Å². The number of halogens is 2. The lowest BCUT2D eigenvalue weighted by Crippen LogP contribution is -2.36. The second-order valence-corrected chi connectivity index (χ2v) is 10.5. The molecule has 3 aromatic rings. The highest BCUT2D eigenvalue weighted by atomic mass is 127. The van der Waals surface area contributed by atoms with Crippen molar-refractivity contribution in [3.63, 3.8) is 0 Å². The molecule has 0 unspecified atom stereocenters. The van der Waals surface area contributed by atoms with Gasteiger partial charge in [0.1, 0.15) is 5.82 Å². The van der Waals surface area contributed by atoms with Crippen LogP contribution in [0.3, 0.4) is 0 Å². The average Bonchev–Trinajstić information content (AvgIpc) is 2.66. The van der Waals surface area contributed by atoms with Crippen LogP contribution in [0.25, 0.3) is 11.1 Å². The first kappa shape index (κ1) is 20.5. The van der Waals surface area contributed by atoms with Crippen LogP contribution in [0.4, 0.5) is 4.39 Å². The van der Waals surface area contributed by atoms with Crippen molar-refractivity contribution in [1.82, 2.24) is 4.31 Å². The molecular formula is C23H21FINO2S. The van der Waals surface area contributed by atoms with E-state index in [2.05, 4.69) is 22.6 Å². The molecule has 1 aliphatic rings. The molecule has 29 heavy (non-hydrogen) atoms. The van der Waals surface area contributed by atoms with Gasteiger partial charge >= 0.3 is 0 Å². The summed E-state index contributed by atoms with van der Waals surface area (Å²) in [6.07, 6.45) is 0.610. The van der Waals surface area contributed by atoms with Crippen LogP contribution in [0.15, 0.2) is 59.5 Å². The second-order valence-electron chi connectivity index (χ2n) is 7.42. The summed E-state index contributed by atoms with van der Waals surface area (Å²) < 4.78 is 43.4. The zero-order valence-electron chi connectivity index (χ0n) is 16.2. The summed E-state index contributed by atoms with van der Waals surface area (Å²) in [4.78, 5) is 0.407. The van der Waals surface area contributed by atoms with Gasteiger partial charge in [-0.3, -0.25) is 0 Å². The molecule has 4 rings (SSSR count). The molecule has 0 atom stereocenters. The molecular weight excluding hydrogens is 500 g/mol. The van der Waals surface area contributed by atoms with Crippen molar-refractivity contribution >= 4 is 32.6 Å². The third kappa shape index (κ3) is 3.85. The summed E-state index contributed by atoms with van der Waals surface area (Å²) in [5.41, 5.74) is 4.98. The highest BCUT2D eigenvalue weighted by molar-refractivity contribution is 14.1. The zero-order valence-corrected chi connectivity index (χ0v) is 19.2. The number of fused-ring (bicyclic) bond motifs is 1. The molecule has 1 heterocycles. The Labute approximate surface area is 184 Å².